The van der Waals surface area contributed by atoms with Crippen molar-refractivity contribution in [2.75, 3.05) is 31.5 Å². The van der Waals surface area contributed by atoms with E-state index in [0.29, 0.717) is 37.9 Å². The van der Waals surface area contributed by atoms with E-state index in [2.05, 4.69) is 20.6 Å². The number of nitrogens with zero attached hydrogens (tertiary/aromatic N) is 4. The monoisotopic (exact) mass is 454 g/mol. The molecule has 1 aliphatic carbocycles. The molecule has 0 aromatic carbocycles. The second-order valence-electron chi connectivity index (χ2n) is 8.86. The minimum atomic E-state index is -3.38. The highest BCUT2D eigenvalue weighted by atomic mass is 32.2. The highest BCUT2D eigenvalue weighted by Crippen LogP contribution is 2.33. The van der Waals surface area contributed by atoms with E-state index < -0.39 is 28.4 Å². The number of fused-ring (bicyclic) bond motifs is 1. The Hall–Kier alpha value is -1.85. The van der Waals surface area contributed by atoms with Crippen LogP contribution < -0.4 is 10.6 Å². The van der Waals surface area contributed by atoms with Crippen LogP contribution >= 0.6 is 0 Å². The molecule has 2 aliphatic heterocycles. The number of sulfonamides is 1. The van der Waals surface area contributed by atoms with Crippen LogP contribution in [-0.4, -0.2) is 77.1 Å². The summed E-state index contributed by atoms with van der Waals surface area (Å²) in [4.78, 5) is 8.92. The molecule has 1 saturated carbocycles. The summed E-state index contributed by atoms with van der Waals surface area (Å²) in [5, 5.41) is 6.60. The molecule has 0 amide bonds. The van der Waals surface area contributed by atoms with Crippen LogP contribution in [0.5, 0.6) is 0 Å². The number of anilines is 1. The lowest BCUT2D eigenvalue weighted by Gasteiger charge is -2.34. The zero-order chi connectivity index (χ0) is 21.8. The first kappa shape index (κ1) is 21.0. The molecule has 0 bridgehead atoms. The van der Waals surface area contributed by atoms with Crippen molar-refractivity contribution in [1.29, 1.82) is 0 Å². The molecule has 4 atom stereocenters. The van der Waals surface area contributed by atoms with E-state index in [1.807, 2.05) is 17.6 Å². The molecule has 11 heteroatoms. The normalized spacial score (nSPS) is 30.5. The first-order chi connectivity index (χ1) is 14.8. The Morgan fingerprint density at radius 2 is 2.00 bits per heavy atom. The minimum Gasteiger partial charge on any atom is -0.348 e. The van der Waals surface area contributed by atoms with Crippen molar-refractivity contribution in [1.82, 2.24) is 24.2 Å². The van der Waals surface area contributed by atoms with Crippen LogP contribution in [0.15, 0.2) is 12.3 Å². The lowest BCUT2D eigenvalue weighted by atomic mass is 10.0. The van der Waals surface area contributed by atoms with Gasteiger partial charge < -0.3 is 15.2 Å². The number of piperidine rings is 2. The largest absolute Gasteiger partial charge is 0.348 e. The molecule has 170 valence electrons. The maximum atomic E-state index is 14.9. The van der Waals surface area contributed by atoms with Gasteiger partial charge in [0.1, 0.15) is 18.0 Å². The van der Waals surface area contributed by atoms with Gasteiger partial charge in [0.15, 0.2) is 0 Å². The third kappa shape index (κ3) is 3.91. The van der Waals surface area contributed by atoms with E-state index in [1.165, 1.54) is 4.31 Å². The summed E-state index contributed by atoms with van der Waals surface area (Å²) in [5.74, 6) is 0.280. The number of rotatable bonds is 5. The summed E-state index contributed by atoms with van der Waals surface area (Å²) in [6.07, 6.45) is 1.65. The molecule has 0 spiro atoms. The summed E-state index contributed by atoms with van der Waals surface area (Å²) in [6, 6.07) is 1.07. The van der Waals surface area contributed by atoms with Gasteiger partial charge in [-0.1, -0.05) is 0 Å². The molecule has 2 N–H and O–H groups in total. The lowest BCUT2D eigenvalue weighted by Crippen LogP contribution is -2.50. The Morgan fingerprint density at radius 3 is 2.71 bits per heavy atom. The van der Waals surface area contributed by atoms with Crippen LogP contribution in [0.1, 0.15) is 37.4 Å². The van der Waals surface area contributed by atoms with E-state index in [-0.39, 0.29) is 30.3 Å². The molecule has 5 rings (SSSR count). The topological polar surface area (TPSA) is 92.2 Å². The smallest absolute Gasteiger partial charge is 0.224 e. The van der Waals surface area contributed by atoms with E-state index in [4.69, 9.17) is 0 Å². The van der Waals surface area contributed by atoms with Gasteiger partial charge in [0.2, 0.25) is 16.0 Å². The summed E-state index contributed by atoms with van der Waals surface area (Å²) >= 11 is 0. The van der Waals surface area contributed by atoms with E-state index in [9.17, 15) is 17.2 Å². The first-order valence-electron chi connectivity index (χ1n) is 10.9. The van der Waals surface area contributed by atoms with Crippen LogP contribution in [0.3, 0.4) is 0 Å². The molecular weight excluding hydrogens is 426 g/mol. The van der Waals surface area contributed by atoms with Gasteiger partial charge in [0.05, 0.1) is 17.3 Å². The van der Waals surface area contributed by atoms with Crippen LogP contribution in [0.2, 0.25) is 0 Å². The maximum absolute atomic E-state index is 14.9. The molecule has 3 aliphatic rings. The Kier molecular flexibility index (Phi) is 5.38. The number of hydrogen-bond donors (Lipinski definition) is 2. The van der Waals surface area contributed by atoms with Crippen LogP contribution in [-0.2, 0) is 10.0 Å². The Bertz CT molecular complexity index is 1070. The van der Waals surface area contributed by atoms with Gasteiger partial charge >= 0.3 is 0 Å². The van der Waals surface area contributed by atoms with Crippen molar-refractivity contribution in [2.24, 2.45) is 0 Å². The minimum absolute atomic E-state index is 0.146. The van der Waals surface area contributed by atoms with Crippen molar-refractivity contribution >= 4 is 27.0 Å². The van der Waals surface area contributed by atoms with Gasteiger partial charge in [-0.25, -0.2) is 22.2 Å². The van der Waals surface area contributed by atoms with Gasteiger partial charge in [-0.15, -0.1) is 0 Å². The molecule has 0 unspecified atom stereocenters. The number of alkyl halides is 2. The van der Waals surface area contributed by atoms with Crippen LogP contribution in [0, 0.1) is 6.92 Å². The quantitative estimate of drug-likeness (QED) is 0.717. The van der Waals surface area contributed by atoms with Gasteiger partial charge in [0, 0.05) is 36.9 Å². The number of nitrogens with one attached hydrogen (secondary N) is 2. The molecule has 8 nitrogen and oxygen atoms in total. The van der Waals surface area contributed by atoms with E-state index >= 15 is 0 Å². The summed E-state index contributed by atoms with van der Waals surface area (Å²) < 4.78 is 57.4. The summed E-state index contributed by atoms with van der Waals surface area (Å²) in [5.41, 5.74) is 1.55. The number of halogens is 2. The van der Waals surface area contributed by atoms with Crippen molar-refractivity contribution in [2.45, 2.75) is 62.3 Å². The van der Waals surface area contributed by atoms with Crippen molar-refractivity contribution in [3.63, 3.8) is 0 Å². The molecule has 31 heavy (non-hydrogen) atoms. The Balaban J connectivity index is 1.34. The average molecular weight is 455 g/mol. The van der Waals surface area contributed by atoms with E-state index in [0.717, 1.165) is 17.6 Å². The average Bonchev–Trinajstić information content (AvgIpc) is 3.54. The fourth-order valence-electron chi connectivity index (χ4n) is 4.74. The summed E-state index contributed by atoms with van der Waals surface area (Å²) in [6.45, 7) is 3.12. The number of aryl methyl sites for hydroxylation is 1. The predicted molar refractivity (Wildman–Crippen MR) is 114 cm³/mol. The molecule has 2 aromatic heterocycles. The van der Waals surface area contributed by atoms with E-state index in [1.54, 1.807) is 6.20 Å². The summed E-state index contributed by atoms with van der Waals surface area (Å²) in [7, 11) is -3.38. The van der Waals surface area contributed by atoms with Gasteiger partial charge in [0.25, 0.3) is 0 Å². The van der Waals surface area contributed by atoms with Crippen molar-refractivity contribution in [3.8, 4) is 0 Å². The van der Waals surface area contributed by atoms with Crippen LogP contribution in [0.4, 0.5) is 14.7 Å². The predicted octanol–water partition coefficient (Wildman–Crippen LogP) is 1.93. The van der Waals surface area contributed by atoms with Crippen molar-refractivity contribution in [3.05, 3.63) is 18.0 Å². The number of aromatic nitrogens is 3. The Morgan fingerprint density at radius 1 is 1.19 bits per heavy atom. The molecule has 4 heterocycles. The third-order valence-electron chi connectivity index (χ3n) is 6.60. The molecule has 3 fully saturated rings. The Labute approximate surface area is 180 Å². The van der Waals surface area contributed by atoms with Gasteiger partial charge in [-0.3, -0.25) is 0 Å². The molecular formula is C20H28F2N6O2S. The first-order valence-corrected chi connectivity index (χ1v) is 12.4. The second kappa shape index (κ2) is 7.93. The molecule has 2 saturated heterocycles. The third-order valence-corrected chi connectivity index (χ3v) is 8.96. The fraction of sp³-hybridized carbons (Fsp3) is 0.700. The van der Waals surface area contributed by atoms with Crippen molar-refractivity contribution < 1.29 is 17.2 Å². The molecule has 2 aromatic rings. The molecule has 0 radical (unpaired) electrons. The lowest BCUT2D eigenvalue weighted by molar-refractivity contribution is 0.184. The zero-order valence-electron chi connectivity index (χ0n) is 17.5. The maximum Gasteiger partial charge on any atom is 0.224 e. The fourth-order valence-corrected chi connectivity index (χ4v) is 6.60. The highest BCUT2D eigenvalue weighted by Gasteiger charge is 2.43. The zero-order valence-corrected chi connectivity index (χ0v) is 18.3. The standard InChI is InChI=1S/C20H28F2N6O2S/c1-12-8-13-9-24-20(26-19(13)28(12)18-4-6-23-10-15(18)21)25-17-5-7-27(11-16(17)22)31(29,30)14-2-3-14/h8-9,14-18,23H,2-7,10-11H2,1H3,(H,24,25,26)/t15-,16+,17+,18+/m0/s1. The van der Waals surface area contributed by atoms with Gasteiger partial charge in [-0.05, 0) is 45.2 Å². The highest BCUT2D eigenvalue weighted by molar-refractivity contribution is 7.90. The SMILES string of the molecule is Cc1cc2cnc(N[C@@H]3CCN(S(=O)(=O)C4CC4)C[C@H]3F)nc2n1[C@@H]1CCNC[C@@H]1F. The van der Waals surface area contributed by atoms with Crippen LogP contribution in [0.25, 0.3) is 11.0 Å². The second-order valence-corrected chi connectivity index (χ2v) is 11.1. The number of hydrogen-bond acceptors (Lipinski definition) is 6. The van der Waals surface area contributed by atoms with Gasteiger partial charge in [-0.2, -0.15) is 9.29 Å².